The molecule has 0 spiro atoms. The zero-order valence-corrected chi connectivity index (χ0v) is 9.83. The van der Waals surface area contributed by atoms with Crippen molar-refractivity contribution in [3.05, 3.63) is 0 Å². The number of sulfonamides is 1. The second-order valence-corrected chi connectivity index (χ2v) is 5.21. The van der Waals surface area contributed by atoms with Crippen LogP contribution in [-0.4, -0.2) is 69.2 Å². The zero-order chi connectivity index (χ0) is 11.7. The molecule has 0 amide bonds. The maximum Gasteiger partial charge on any atom is 0.211 e. The Labute approximate surface area is 91.0 Å². The fourth-order valence-electron chi connectivity index (χ4n) is 1.20. The molecule has 0 unspecified atom stereocenters. The van der Waals surface area contributed by atoms with Crippen LogP contribution in [0.25, 0.3) is 0 Å². The van der Waals surface area contributed by atoms with Gasteiger partial charge in [-0.25, -0.2) is 13.1 Å². The summed E-state index contributed by atoms with van der Waals surface area (Å²) in [6, 6.07) is 0. The van der Waals surface area contributed by atoms with Gasteiger partial charge in [-0.2, -0.15) is 0 Å². The van der Waals surface area contributed by atoms with Crippen molar-refractivity contribution in [3.63, 3.8) is 0 Å². The van der Waals surface area contributed by atoms with Crippen LogP contribution in [0.5, 0.6) is 0 Å². The fraction of sp³-hybridized carbons (Fsp3) is 1.00. The van der Waals surface area contributed by atoms with E-state index in [-0.39, 0.29) is 19.0 Å². The summed E-state index contributed by atoms with van der Waals surface area (Å²) < 4.78 is 24.4. The number of hydrogen-bond acceptors (Lipinski definition) is 5. The molecule has 7 heteroatoms. The SMILES string of the molecule is CNS(=O)(=O)CCCN(CCO)CCO. The number of nitrogens with one attached hydrogen (secondary N) is 1. The average molecular weight is 240 g/mol. The number of aliphatic hydroxyl groups excluding tert-OH is 2. The van der Waals surface area contributed by atoms with E-state index in [2.05, 4.69) is 4.72 Å². The van der Waals surface area contributed by atoms with E-state index in [1.165, 1.54) is 7.05 Å². The van der Waals surface area contributed by atoms with Gasteiger partial charge in [-0.05, 0) is 20.0 Å². The molecular formula is C8H20N2O4S. The van der Waals surface area contributed by atoms with Gasteiger partial charge in [0.2, 0.25) is 10.0 Å². The van der Waals surface area contributed by atoms with Crippen molar-refractivity contribution < 1.29 is 18.6 Å². The highest BCUT2D eigenvalue weighted by Crippen LogP contribution is 1.94. The second kappa shape index (κ2) is 8.00. The van der Waals surface area contributed by atoms with E-state index >= 15 is 0 Å². The summed E-state index contributed by atoms with van der Waals surface area (Å²) >= 11 is 0. The highest BCUT2D eigenvalue weighted by Gasteiger charge is 2.08. The number of aliphatic hydroxyl groups is 2. The molecule has 15 heavy (non-hydrogen) atoms. The van der Waals surface area contributed by atoms with E-state index in [0.717, 1.165) is 0 Å². The number of nitrogens with zero attached hydrogens (tertiary/aromatic N) is 1. The summed E-state index contributed by atoms with van der Waals surface area (Å²) in [5.74, 6) is 0.0663. The van der Waals surface area contributed by atoms with E-state index in [1.54, 1.807) is 0 Å². The van der Waals surface area contributed by atoms with Crippen LogP contribution in [0.3, 0.4) is 0 Å². The molecule has 0 radical (unpaired) electrons. The van der Waals surface area contributed by atoms with Crippen molar-refractivity contribution >= 4 is 10.0 Å². The third kappa shape index (κ3) is 7.69. The average Bonchev–Trinajstić information content (AvgIpc) is 2.18. The number of hydrogen-bond donors (Lipinski definition) is 3. The Morgan fingerprint density at radius 1 is 1.13 bits per heavy atom. The highest BCUT2D eigenvalue weighted by molar-refractivity contribution is 7.89. The van der Waals surface area contributed by atoms with Crippen LogP contribution >= 0.6 is 0 Å². The van der Waals surface area contributed by atoms with E-state index in [1.807, 2.05) is 4.90 Å². The first kappa shape index (κ1) is 14.8. The molecule has 0 aliphatic rings. The van der Waals surface area contributed by atoms with Gasteiger partial charge in [0.15, 0.2) is 0 Å². The van der Waals surface area contributed by atoms with Crippen LogP contribution in [0.2, 0.25) is 0 Å². The molecule has 92 valence electrons. The predicted molar refractivity (Wildman–Crippen MR) is 58.1 cm³/mol. The summed E-state index contributed by atoms with van der Waals surface area (Å²) in [7, 11) is -1.76. The van der Waals surface area contributed by atoms with Gasteiger partial charge in [0.1, 0.15) is 0 Å². The second-order valence-electron chi connectivity index (χ2n) is 3.17. The minimum atomic E-state index is -3.15. The van der Waals surface area contributed by atoms with E-state index in [9.17, 15) is 8.42 Å². The van der Waals surface area contributed by atoms with E-state index < -0.39 is 10.0 Å². The number of rotatable bonds is 9. The van der Waals surface area contributed by atoms with Crippen LogP contribution in [0.1, 0.15) is 6.42 Å². The quantitative estimate of drug-likeness (QED) is 0.443. The molecule has 0 atom stereocenters. The molecule has 0 rings (SSSR count). The van der Waals surface area contributed by atoms with Crippen LogP contribution in [0.15, 0.2) is 0 Å². The molecule has 0 fully saturated rings. The predicted octanol–water partition coefficient (Wildman–Crippen LogP) is -1.79. The standard InChI is InChI=1S/C8H20N2O4S/c1-9-15(13,14)8-2-3-10(4-6-11)5-7-12/h9,11-12H,2-8H2,1H3. The van der Waals surface area contributed by atoms with Gasteiger partial charge in [0.05, 0.1) is 19.0 Å². The Bertz CT molecular complexity index is 237. The van der Waals surface area contributed by atoms with Gasteiger partial charge in [-0.1, -0.05) is 0 Å². The summed E-state index contributed by atoms with van der Waals surface area (Å²) in [5, 5.41) is 17.4. The summed E-state index contributed by atoms with van der Waals surface area (Å²) in [6.45, 7) is 1.50. The first-order valence-corrected chi connectivity index (χ1v) is 6.56. The first-order chi connectivity index (χ1) is 7.05. The van der Waals surface area contributed by atoms with Crippen LogP contribution in [0.4, 0.5) is 0 Å². The summed E-state index contributed by atoms with van der Waals surface area (Å²) in [6.07, 6.45) is 0.489. The lowest BCUT2D eigenvalue weighted by atomic mass is 10.4. The topological polar surface area (TPSA) is 89.9 Å². The highest BCUT2D eigenvalue weighted by atomic mass is 32.2. The van der Waals surface area contributed by atoms with Gasteiger partial charge in [-0.15, -0.1) is 0 Å². The minimum Gasteiger partial charge on any atom is -0.395 e. The molecule has 0 aromatic heterocycles. The van der Waals surface area contributed by atoms with Gasteiger partial charge >= 0.3 is 0 Å². The van der Waals surface area contributed by atoms with Crippen molar-refractivity contribution in [3.8, 4) is 0 Å². The van der Waals surface area contributed by atoms with Gasteiger partial charge in [0.25, 0.3) is 0 Å². The third-order valence-electron chi connectivity index (χ3n) is 2.03. The van der Waals surface area contributed by atoms with Crippen molar-refractivity contribution in [2.24, 2.45) is 0 Å². The van der Waals surface area contributed by atoms with Gasteiger partial charge < -0.3 is 10.2 Å². The van der Waals surface area contributed by atoms with Crippen LogP contribution in [0, 0.1) is 0 Å². The van der Waals surface area contributed by atoms with E-state index in [0.29, 0.717) is 26.1 Å². The van der Waals surface area contributed by atoms with Crippen molar-refractivity contribution in [1.29, 1.82) is 0 Å². The largest absolute Gasteiger partial charge is 0.395 e. The molecule has 0 bridgehead atoms. The molecule has 3 N–H and O–H groups in total. The maximum atomic E-state index is 11.1. The van der Waals surface area contributed by atoms with Gasteiger partial charge in [0, 0.05) is 13.1 Å². The first-order valence-electron chi connectivity index (χ1n) is 4.91. The molecule has 0 aromatic rings. The Hall–Kier alpha value is -0.210. The molecule has 0 saturated carbocycles. The molecule has 0 aliphatic heterocycles. The maximum absolute atomic E-state index is 11.1. The Morgan fingerprint density at radius 3 is 2.07 bits per heavy atom. The Balaban J connectivity index is 3.79. The lowest BCUT2D eigenvalue weighted by molar-refractivity contribution is 0.161. The molecule has 0 saturated heterocycles. The monoisotopic (exact) mass is 240 g/mol. The van der Waals surface area contributed by atoms with Gasteiger partial charge in [-0.3, -0.25) is 4.90 Å². The van der Waals surface area contributed by atoms with E-state index in [4.69, 9.17) is 10.2 Å². The summed E-state index contributed by atoms with van der Waals surface area (Å²) in [4.78, 5) is 1.82. The summed E-state index contributed by atoms with van der Waals surface area (Å²) in [5.41, 5.74) is 0. The molecule has 0 aromatic carbocycles. The molecule has 0 aliphatic carbocycles. The smallest absolute Gasteiger partial charge is 0.211 e. The Kier molecular flexibility index (Phi) is 7.89. The lowest BCUT2D eigenvalue weighted by Gasteiger charge is -2.19. The van der Waals surface area contributed by atoms with Crippen LogP contribution in [-0.2, 0) is 10.0 Å². The minimum absolute atomic E-state index is 0.0127. The molecule has 6 nitrogen and oxygen atoms in total. The van der Waals surface area contributed by atoms with Crippen LogP contribution < -0.4 is 4.72 Å². The third-order valence-corrected chi connectivity index (χ3v) is 3.48. The normalized spacial score (nSPS) is 12.3. The fourth-order valence-corrected chi connectivity index (χ4v) is 1.91. The zero-order valence-electron chi connectivity index (χ0n) is 9.02. The van der Waals surface area contributed by atoms with Crippen molar-refractivity contribution in [2.45, 2.75) is 6.42 Å². The lowest BCUT2D eigenvalue weighted by Crippen LogP contribution is -2.32. The Morgan fingerprint density at radius 2 is 1.67 bits per heavy atom. The molecule has 0 heterocycles. The van der Waals surface area contributed by atoms with Crippen molar-refractivity contribution in [2.75, 3.05) is 45.6 Å². The van der Waals surface area contributed by atoms with Crippen molar-refractivity contribution in [1.82, 2.24) is 9.62 Å². The molecular weight excluding hydrogens is 220 g/mol.